The molecule has 1 aliphatic rings. The number of aromatic nitrogens is 2. The van der Waals surface area contributed by atoms with Crippen LogP contribution in [0.3, 0.4) is 0 Å². The Labute approximate surface area is 84.2 Å². The fraction of sp³-hybridized carbons (Fsp3) is 0.600. The molecule has 0 aromatic carbocycles. The van der Waals surface area contributed by atoms with Gasteiger partial charge in [0.05, 0.1) is 5.69 Å². The highest BCUT2D eigenvalue weighted by Crippen LogP contribution is 2.36. The summed E-state index contributed by atoms with van der Waals surface area (Å²) in [5.41, 5.74) is 2.03. The zero-order valence-electron chi connectivity index (χ0n) is 8.89. The molecule has 4 nitrogen and oxygen atoms in total. The first kappa shape index (κ1) is 9.24. The maximum Gasteiger partial charge on any atom is 0.155 e. The number of nitrogens with one attached hydrogen (secondary N) is 2. The van der Waals surface area contributed by atoms with E-state index < -0.39 is 0 Å². The lowest BCUT2D eigenvalue weighted by molar-refractivity contribution is 0.506. The van der Waals surface area contributed by atoms with Crippen molar-refractivity contribution in [2.24, 2.45) is 0 Å². The second kappa shape index (κ2) is 3.12. The summed E-state index contributed by atoms with van der Waals surface area (Å²) < 4.78 is 0. The van der Waals surface area contributed by atoms with E-state index in [1.165, 1.54) is 0 Å². The summed E-state index contributed by atoms with van der Waals surface area (Å²) in [6.07, 6.45) is 3.66. The minimum Gasteiger partial charge on any atom is -0.358 e. The number of hydrogen-bond donors (Lipinski definition) is 2. The van der Waals surface area contributed by atoms with E-state index in [9.17, 15) is 0 Å². The van der Waals surface area contributed by atoms with Gasteiger partial charge in [-0.2, -0.15) is 0 Å². The van der Waals surface area contributed by atoms with E-state index in [2.05, 4.69) is 34.4 Å². The number of hydrogen-bond acceptors (Lipinski definition) is 4. The highest BCUT2D eigenvalue weighted by atomic mass is 15.3. The van der Waals surface area contributed by atoms with Crippen LogP contribution < -0.4 is 10.6 Å². The smallest absolute Gasteiger partial charge is 0.155 e. The number of nitrogens with zero attached hydrogens (tertiary/aromatic N) is 2. The third-order valence-electron chi connectivity index (χ3n) is 2.97. The van der Waals surface area contributed by atoms with Gasteiger partial charge in [-0.1, -0.05) is 13.8 Å². The first-order chi connectivity index (χ1) is 6.71. The molecule has 0 saturated carbocycles. The van der Waals surface area contributed by atoms with Gasteiger partial charge in [0.15, 0.2) is 5.82 Å². The van der Waals surface area contributed by atoms with Crippen LogP contribution >= 0.6 is 0 Å². The number of aryl methyl sites for hydroxylation is 1. The highest BCUT2D eigenvalue weighted by Gasteiger charge is 2.34. The Bertz CT molecular complexity index is 344. The van der Waals surface area contributed by atoms with Gasteiger partial charge >= 0.3 is 0 Å². The molecule has 0 amide bonds. The van der Waals surface area contributed by atoms with Crippen molar-refractivity contribution in [2.75, 3.05) is 10.6 Å². The fourth-order valence-corrected chi connectivity index (χ4v) is 1.82. The topological polar surface area (TPSA) is 49.8 Å². The molecule has 0 radical (unpaired) electrons. The Morgan fingerprint density at radius 2 is 1.93 bits per heavy atom. The minimum absolute atomic E-state index is 0.0247. The van der Waals surface area contributed by atoms with Gasteiger partial charge in [0.2, 0.25) is 0 Å². The van der Waals surface area contributed by atoms with E-state index in [-0.39, 0.29) is 5.66 Å². The molecule has 0 atom stereocenters. The van der Waals surface area contributed by atoms with Crippen LogP contribution in [0.2, 0.25) is 0 Å². The Morgan fingerprint density at radius 1 is 1.21 bits per heavy atom. The Morgan fingerprint density at radius 3 is 2.50 bits per heavy atom. The second-order valence-corrected chi connectivity index (χ2v) is 3.72. The number of rotatable bonds is 2. The van der Waals surface area contributed by atoms with Crippen LogP contribution in [0.25, 0.3) is 0 Å². The van der Waals surface area contributed by atoms with Crippen LogP contribution in [0, 0.1) is 6.92 Å². The molecule has 76 valence electrons. The van der Waals surface area contributed by atoms with Crippen molar-refractivity contribution in [1.82, 2.24) is 9.97 Å². The van der Waals surface area contributed by atoms with Crippen molar-refractivity contribution >= 4 is 11.5 Å². The molecule has 1 aromatic rings. The van der Waals surface area contributed by atoms with E-state index in [4.69, 9.17) is 0 Å². The standard InChI is InChI=1S/C10H16N4/c1-4-10(5-2)13-8-7(3)11-6-12-9(8)14-10/h6,13H,4-5H2,1-3H3,(H,11,12,14). The largest absolute Gasteiger partial charge is 0.358 e. The van der Waals surface area contributed by atoms with Crippen molar-refractivity contribution in [3.05, 3.63) is 12.0 Å². The van der Waals surface area contributed by atoms with Gasteiger partial charge in [0, 0.05) is 0 Å². The van der Waals surface area contributed by atoms with Gasteiger partial charge in [0.25, 0.3) is 0 Å². The zero-order chi connectivity index (χ0) is 10.2. The van der Waals surface area contributed by atoms with Gasteiger partial charge in [-0.3, -0.25) is 0 Å². The predicted octanol–water partition coefficient (Wildman–Crippen LogP) is 2.14. The first-order valence-corrected chi connectivity index (χ1v) is 5.08. The summed E-state index contributed by atoms with van der Waals surface area (Å²) in [6.45, 7) is 6.33. The molecule has 2 heterocycles. The summed E-state index contributed by atoms with van der Waals surface area (Å²) in [7, 11) is 0. The van der Waals surface area contributed by atoms with Crippen LogP contribution in [-0.2, 0) is 0 Å². The van der Waals surface area contributed by atoms with Crippen LogP contribution in [-0.4, -0.2) is 15.6 Å². The lowest BCUT2D eigenvalue weighted by Gasteiger charge is -2.27. The average molecular weight is 192 g/mol. The summed E-state index contributed by atoms with van der Waals surface area (Å²) in [5, 5.41) is 6.91. The van der Waals surface area contributed by atoms with Crippen LogP contribution in [0.15, 0.2) is 6.33 Å². The molecule has 0 fully saturated rings. The van der Waals surface area contributed by atoms with Crippen LogP contribution in [0.4, 0.5) is 11.5 Å². The maximum atomic E-state index is 4.23. The molecular formula is C10H16N4. The van der Waals surface area contributed by atoms with Gasteiger partial charge in [-0.25, -0.2) is 9.97 Å². The predicted molar refractivity (Wildman–Crippen MR) is 57.3 cm³/mol. The van der Waals surface area contributed by atoms with Gasteiger partial charge in [0.1, 0.15) is 17.7 Å². The van der Waals surface area contributed by atoms with Crippen molar-refractivity contribution in [3.63, 3.8) is 0 Å². The Hall–Kier alpha value is -1.32. The van der Waals surface area contributed by atoms with Crippen molar-refractivity contribution in [2.45, 2.75) is 39.3 Å². The third-order valence-corrected chi connectivity index (χ3v) is 2.97. The van der Waals surface area contributed by atoms with E-state index in [0.29, 0.717) is 0 Å². The maximum absolute atomic E-state index is 4.23. The summed E-state index contributed by atoms with van der Waals surface area (Å²) in [4.78, 5) is 8.40. The molecule has 0 unspecified atom stereocenters. The highest BCUT2D eigenvalue weighted by molar-refractivity contribution is 5.74. The van der Waals surface area contributed by atoms with Crippen molar-refractivity contribution in [3.8, 4) is 0 Å². The molecule has 0 saturated heterocycles. The Kier molecular flexibility index (Phi) is 2.06. The van der Waals surface area contributed by atoms with E-state index in [1.807, 2.05) is 6.92 Å². The molecule has 14 heavy (non-hydrogen) atoms. The lowest BCUT2D eigenvalue weighted by atomic mass is 10.1. The van der Waals surface area contributed by atoms with E-state index >= 15 is 0 Å². The normalized spacial score (nSPS) is 17.1. The van der Waals surface area contributed by atoms with Crippen molar-refractivity contribution < 1.29 is 0 Å². The zero-order valence-corrected chi connectivity index (χ0v) is 8.89. The molecule has 2 rings (SSSR count). The van der Waals surface area contributed by atoms with E-state index in [1.54, 1.807) is 6.33 Å². The van der Waals surface area contributed by atoms with Gasteiger partial charge < -0.3 is 10.6 Å². The van der Waals surface area contributed by atoms with Crippen molar-refractivity contribution in [1.29, 1.82) is 0 Å². The molecular weight excluding hydrogens is 176 g/mol. The van der Waals surface area contributed by atoms with Gasteiger partial charge in [-0.15, -0.1) is 0 Å². The fourth-order valence-electron chi connectivity index (χ4n) is 1.82. The van der Waals surface area contributed by atoms with Gasteiger partial charge in [-0.05, 0) is 19.8 Å². The molecule has 1 aromatic heterocycles. The summed E-state index contributed by atoms with van der Waals surface area (Å²) >= 11 is 0. The number of anilines is 2. The molecule has 2 N–H and O–H groups in total. The quantitative estimate of drug-likeness (QED) is 0.753. The molecule has 0 spiro atoms. The molecule has 4 heteroatoms. The first-order valence-electron chi connectivity index (χ1n) is 5.08. The second-order valence-electron chi connectivity index (χ2n) is 3.72. The van der Waals surface area contributed by atoms with Crippen LogP contribution in [0.1, 0.15) is 32.4 Å². The Balaban J connectivity index is 2.38. The van der Waals surface area contributed by atoms with Crippen LogP contribution in [0.5, 0.6) is 0 Å². The molecule has 1 aliphatic heterocycles. The average Bonchev–Trinajstić information content (AvgIpc) is 2.59. The SMILES string of the molecule is CCC1(CC)Nc2ncnc(C)c2N1. The molecule has 0 aliphatic carbocycles. The summed E-state index contributed by atoms with van der Waals surface area (Å²) in [5.74, 6) is 0.932. The number of fused-ring (bicyclic) bond motifs is 1. The van der Waals surface area contributed by atoms with E-state index in [0.717, 1.165) is 30.0 Å². The third kappa shape index (κ3) is 1.22. The summed E-state index contributed by atoms with van der Waals surface area (Å²) in [6, 6.07) is 0. The molecule has 0 bridgehead atoms. The minimum atomic E-state index is -0.0247. The lowest BCUT2D eigenvalue weighted by Crippen LogP contribution is -2.40. The monoisotopic (exact) mass is 192 g/mol.